The zero-order valence-electron chi connectivity index (χ0n) is 13.3. The molecule has 24 heavy (non-hydrogen) atoms. The van der Waals surface area contributed by atoms with Gasteiger partial charge in [-0.3, -0.25) is 9.59 Å². The first kappa shape index (κ1) is 15.1. The van der Waals surface area contributed by atoms with Crippen LogP contribution < -0.4 is 10.9 Å². The van der Waals surface area contributed by atoms with E-state index in [4.69, 9.17) is 0 Å². The Balaban J connectivity index is 1.58. The molecule has 0 saturated heterocycles. The lowest BCUT2D eigenvalue weighted by Crippen LogP contribution is -2.19. The number of amides is 1. The molecule has 0 bridgehead atoms. The third kappa shape index (κ3) is 2.73. The molecule has 0 fully saturated rings. The van der Waals surface area contributed by atoms with Crippen molar-refractivity contribution < 1.29 is 4.79 Å². The van der Waals surface area contributed by atoms with Crippen molar-refractivity contribution in [2.24, 2.45) is 0 Å². The molecule has 1 aliphatic rings. The molecular weight excluding hydrogens is 322 g/mol. The average Bonchev–Trinajstić information content (AvgIpc) is 3.06. The van der Waals surface area contributed by atoms with E-state index < -0.39 is 0 Å². The highest BCUT2D eigenvalue weighted by Crippen LogP contribution is 2.34. The van der Waals surface area contributed by atoms with Crippen molar-refractivity contribution in [3.63, 3.8) is 0 Å². The maximum absolute atomic E-state index is 12.4. The van der Waals surface area contributed by atoms with E-state index in [-0.39, 0.29) is 17.9 Å². The summed E-state index contributed by atoms with van der Waals surface area (Å²) in [6, 6.07) is 7.61. The van der Waals surface area contributed by atoms with Gasteiger partial charge in [0.05, 0.1) is 11.8 Å². The van der Waals surface area contributed by atoms with Crippen molar-refractivity contribution in [3.05, 3.63) is 56.4 Å². The van der Waals surface area contributed by atoms with E-state index in [1.165, 1.54) is 4.88 Å². The minimum atomic E-state index is -0.188. The van der Waals surface area contributed by atoms with Gasteiger partial charge in [0.1, 0.15) is 10.7 Å². The van der Waals surface area contributed by atoms with Crippen molar-refractivity contribution >= 4 is 33.1 Å². The van der Waals surface area contributed by atoms with E-state index in [1.54, 1.807) is 11.3 Å². The Kier molecular flexibility index (Phi) is 3.69. The average molecular weight is 339 g/mol. The fourth-order valence-corrected chi connectivity index (χ4v) is 4.49. The number of hydrogen-bond donors (Lipinski definition) is 2. The Labute approximate surface area is 142 Å². The highest BCUT2D eigenvalue weighted by Gasteiger charge is 2.21. The van der Waals surface area contributed by atoms with Crippen LogP contribution >= 0.6 is 11.3 Å². The quantitative estimate of drug-likeness (QED) is 0.770. The van der Waals surface area contributed by atoms with E-state index in [9.17, 15) is 9.59 Å². The minimum absolute atomic E-state index is 0.0572. The normalized spacial score (nSPS) is 13.2. The molecule has 2 aromatic heterocycles. The second-order valence-corrected chi connectivity index (χ2v) is 7.23. The third-order valence-corrected chi connectivity index (χ3v) is 5.44. The zero-order chi connectivity index (χ0) is 16.7. The van der Waals surface area contributed by atoms with Crippen molar-refractivity contribution in [1.82, 2.24) is 9.97 Å². The van der Waals surface area contributed by atoms with Gasteiger partial charge in [0.2, 0.25) is 5.91 Å². The van der Waals surface area contributed by atoms with Gasteiger partial charge in [-0.2, -0.15) is 0 Å². The number of nitrogens with zero attached hydrogens (tertiary/aromatic N) is 1. The molecule has 0 atom stereocenters. The second kappa shape index (κ2) is 5.87. The van der Waals surface area contributed by atoms with E-state index in [1.807, 2.05) is 31.2 Å². The second-order valence-electron chi connectivity index (χ2n) is 6.14. The number of fused-ring (bicyclic) bond motifs is 3. The van der Waals surface area contributed by atoms with Gasteiger partial charge >= 0.3 is 0 Å². The molecule has 0 aliphatic heterocycles. The van der Waals surface area contributed by atoms with Gasteiger partial charge < -0.3 is 10.3 Å². The number of rotatable bonds is 3. The van der Waals surface area contributed by atoms with E-state index in [0.29, 0.717) is 5.82 Å². The minimum Gasteiger partial charge on any atom is -0.326 e. The summed E-state index contributed by atoms with van der Waals surface area (Å²) in [5, 5.41) is 3.56. The molecule has 1 aromatic carbocycles. The van der Waals surface area contributed by atoms with E-state index >= 15 is 0 Å². The first-order chi connectivity index (χ1) is 11.6. The zero-order valence-corrected chi connectivity index (χ0v) is 14.1. The summed E-state index contributed by atoms with van der Waals surface area (Å²) in [6.45, 7) is 1.97. The molecular formula is C18H17N3O2S. The van der Waals surface area contributed by atoms with Crippen LogP contribution in [0.25, 0.3) is 10.2 Å². The molecule has 122 valence electrons. The molecule has 4 rings (SSSR count). The largest absolute Gasteiger partial charge is 0.326 e. The lowest BCUT2D eigenvalue weighted by Gasteiger charge is -2.06. The number of benzene rings is 1. The molecule has 0 saturated carbocycles. The summed E-state index contributed by atoms with van der Waals surface area (Å²) in [4.78, 5) is 33.9. The van der Waals surface area contributed by atoms with Crippen LogP contribution in [-0.2, 0) is 24.1 Å². The first-order valence-corrected chi connectivity index (χ1v) is 8.82. The highest BCUT2D eigenvalue weighted by molar-refractivity contribution is 7.18. The van der Waals surface area contributed by atoms with Crippen LogP contribution in [-0.4, -0.2) is 15.9 Å². The summed E-state index contributed by atoms with van der Waals surface area (Å²) in [5.74, 6) is 0.227. The number of hydrogen-bond acceptors (Lipinski definition) is 4. The predicted octanol–water partition coefficient (Wildman–Crippen LogP) is 2.96. The molecule has 0 spiro atoms. The standard InChI is InChI=1S/C18H17N3O2S/c1-10-4-2-5-11(8-10)19-15(22)9-14-20-17(23)16-12-6-3-7-13(12)24-18(16)21-14/h2,4-5,8H,3,6-7,9H2,1H3,(H,19,22)(H,20,21,23). The number of thiophene rings is 1. The number of nitrogens with one attached hydrogen (secondary N) is 2. The number of carbonyl (C=O) groups excluding carboxylic acids is 1. The first-order valence-electron chi connectivity index (χ1n) is 8.00. The Hall–Kier alpha value is -2.47. The van der Waals surface area contributed by atoms with Crippen molar-refractivity contribution in [3.8, 4) is 0 Å². The summed E-state index contributed by atoms with van der Waals surface area (Å²) in [7, 11) is 0. The maximum Gasteiger partial charge on any atom is 0.259 e. The number of anilines is 1. The molecule has 6 heteroatoms. The smallest absolute Gasteiger partial charge is 0.259 e. The Morgan fingerprint density at radius 3 is 3.08 bits per heavy atom. The number of aromatic amines is 1. The molecule has 0 radical (unpaired) electrons. The molecule has 5 nitrogen and oxygen atoms in total. The van der Waals surface area contributed by atoms with Gasteiger partial charge in [-0.1, -0.05) is 12.1 Å². The van der Waals surface area contributed by atoms with Crippen LogP contribution in [0.5, 0.6) is 0 Å². The van der Waals surface area contributed by atoms with Gasteiger partial charge in [-0.25, -0.2) is 4.98 Å². The molecule has 1 amide bonds. The topological polar surface area (TPSA) is 74.8 Å². The van der Waals surface area contributed by atoms with Crippen molar-refractivity contribution in [2.45, 2.75) is 32.6 Å². The summed E-state index contributed by atoms with van der Waals surface area (Å²) < 4.78 is 0. The number of carbonyl (C=O) groups is 1. The Morgan fingerprint density at radius 2 is 2.25 bits per heavy atom. The molecule has 0 unspecified atom stereocenters. The molecule has 3 aromatic rings. The maximum atomic E-state index is 12.4. The lowest BCUT2D eigenvalue weighted by molar-refractivity contribution is -0.115. The van der Waals surface area contributed by atoms with Gasteiger partial charge in [0.25, 0.3) is 5.56 Å². The molecule has 2 N–H and O–H groups in total. The van der Waals surface area contributed by atoms with Crippen molar-refractivity contribution in [2.75, 3.05) is 5.32 Å². The van der Waals surface area contributed by atoms with Gasteiger partial charge in [-0.05, 0) is 49.4 Å². The summed E-state index contributed by atoms with van der Waals surface area (Å²) >= 11 is 1.58. The fraction of sp³-hybridized carbons (Fsp3) is 0.278. The monoisotopic (exact) mass is 339 g/mol. The van der Waals surface area contributed by atoms with Gasteiger partial charge in [0.15, 0.2) is 0 Å². The predicted molar refractivity (Wildman–Crippen MR) is 95.8 cm³/mol. The van der Waals surface area contributed by atoms with Crippen LogP contribution in [0.4, 0.5) is 5.69 Å². The van der Waals surface area contributed by atoms with Crippen LogP contribution in [0, 0.1) is 6.92 Å². The van der Waals surface area contributed by atoms with Crippen LogP contribution in [0.15, 0.2) is 29.1 Å². The van der Waals surface area contributed by atoms with Gasteiger partial charge in [-0.15, -0.1) is 11.3 Å². The summed E-state index contributed by atoms with van der Waals surface area (Å²) in [6.07, 6.45) is 3.14. The third-order valence-electron chi connectivity index (χ3n) is 4.25. The van der Waals surface area contributed by atoms with Crippen LogP contribution in [0.3, 0.4) is 0 Å². The van der Waals surface area contributed by atoms with Crippen LogP contribution in [0.2, 0.25) is 0 Å². The SMILES string of the molecule is Cc1cccc(NC(=O)Cc2nc3sc4c(c3c(=O)[nH]2)CCC4)c1. The number of aromatic nitrogens is 2. The van der Waals surface area contributed by atoms with Crippen molar-refractivity contribution in [1.29, 1.82) is 0 Å². The molecule has 2 heterocycles. The van der Waals surface area contributed by atoms with Crippen LogP contribution in [0.1, 0.15) is 28.2 Å². The highest BCUT2D eigenvalue weighted by atomic mass is 32.1. The fourth-order valence-electron chi connectivity index (χ4n) is 3.21. The Morgan fingerprint density at radius 1 is 1.38 bits per heavy atom. The summed E-state index contributed by atoms with van der Waals surface area (Å²) in [5.41, 5.74) is 2.85. The number of aryl methyl sites for hydroxylation is 3. The number of H-pyrrole nitrogens is 1. The Bertz CT molecular complexity index is 1000. The van der Waals surface area contributed by atoms with Gasteiger partial charge in [0, 0.05) is 10.6 Å². The van der Waals surface area contributed by atoms with E-state index in [0.717, 1.165) is 46.3 Å². The lowest BCUT2D eigenvalue weighted by atomic mass is 10.2. The van der Waals surface area contributed by atoms with E-state index in [2.05, 4.69) is 15.3 Å². The molecule has 1 aliphatic carbocycles.